The zero-order valence-electron chi connectivity index (χ0n) is 18.0. The third kappa shape index (κ3) is 6.35. The van der Waals surface area contributed by atoms with E-state index in [1.54, 1.807) is 0 Å². The molecule has 3 amide bonds. The first-order valence-electron chi connectivity index (χ1n) is 10.4. The van der Waals surface area contributed by atoms with Gasteiger partial charge in [-0.2, -0.15) is 13.2 Å². The molecule has 3 aromatic rings. The lowest BCUT2D eigenvalue weighted by atomic mass is 10.0. The Bertz CT molecular complexity index is 1110. The molecule has 3 N–H and O–H groups in total. The Labute approximate surface area is 190 Å². The number of aryl methyl sites for hydroxylation is 1. The largest absolute Gasteiger partial charge is 0.416 e. The van der Waals surface area contributed by atoms with Crippen molar-refractivity contribution in [3.8, 4) is 11.1 Å². The second-order valence-electron chi connectivity index (χ2n) is 7.58. The summed E-state index contributed by atoms with van der Waals surface area (Å²) < 4.78 is 36.2. The van der Waals surface area contributed by atoms with Crippen LogP contribution in [0.1, 0.15) is 24.0 Å². The number of amides is 3. The molecule has 8 heteroatoms. The molecule has 0 saturated carbocycles. The highest BCUT2D eigenvalue weighted by Gasteiger charge is 2.29. The number of carbonyl (C=O) groups is 2. The Morgan fingerprint density at radius 3 is 2.12 bits per heavy atom. The van der Waals surface area contributed by atoms with E-state index in [2.05, 4.69) is 48.6 Å². The van der Waals surface area contributed by atoms with Gasteiger partial charge in [0.2, 0.25) is 5.91 Å². The third-order valence-electron chi connectivity index (χ3n) is 5.19. The summed E-state index contributed by atoms with van der Waals surface area (Å²) in [4.78, 5) is 23.9. The van der Waals surface area contributed by atoms with E-state index in [0.717, 1.165) is 42.9 Å². The maximum atomic E-state index is 12.1. The minimum absolute atomic E-state index is 0.227. The fourth-order valence-electron chi connectivity index (χ4n) is 3.52. The summed E-state index contributed by atoms with van der Waals surface area (Å²) in [6.07, 6.45) is -2.72. The number of carbonyl (C=O) groups excluding carboxylic acids is 2. The van der Waals surface area contributed by atoms with Crippen LogP contribution in [0.4, 0.5) is 29.3 Å². The Balaban J connectivity index is 0.000000196. The van der Waals surface area contributed by atoms with E-state index >= 15 is 0 Å². The average Bonchev–Trinajstić information content (AvgIpc) is 3.20. The summed E-state index contributed by atoms with van der Waals surface area (Å²) in [6, 6.07) is 19.8. The van der Waals surface area contributed by atoms with E-state index in [-0.39, 0.29) is 11.6 Å². The van der Waals surface area contributed by atoms with E-state index in [4.69, 9.17) is 5.73 Å². The molecule has 1 aliphatic rings. The molecule has 0 unspecified atom stereocenters. The molecule has 0 aliphatic carbocycles. The van der Waals surface area contributed by atoms with Crippen LogP contribution >= 0.6 is 0 Å². The molecule has 1 heterocycles. The third-order valence-corrected chi connectivity index (χ3v) is 5.19. The maximum absolute atomic E-state index is 12.1. The lowest BCUT2D eigenvalue weighted by molar-refractivity contribution is -0.137. The molecular formula is C25H24F3N3O2. The minimum Gasteiger partial charge on any atom is -0.351 e. The molecule has 1 aliphatic heterocycles. The summed E-state index contributed by atoms with van der Waals surface area (Å²) in [5.74, 6) is 0.239. The van der Waals surface area contributed by atoms with Gasteiger partial charge in [-0.3, -0.25) is 4.79 Å². The zero-order valence-corrected chi connectivity index (χ0v) is 18.0. The first kappa shape index (κ1) is 23.8. The number of hydrogen-bond acceptors (Lipinski definition) is 2. The summed E-state index contributed by atoms with van der Waals surface area (Å²) >= 11 is 0. The van der Waals surface area contributed by atoms with Crippen LogP contribution in [0.2, 0.25) is 0 Å². The van der Waals surface area contributed by atoms with Crippen LogP contribution in [0.25, 0.3) is 11.1 Å². The fourth-order valence-corrected chi connectivity index (χ4v) is 3.52. The van der Waals surface area contributed by atoms with Crippen LogP contribution in [0.3, 0.4) is 0 Å². The van der Waals surface area contributed by atoms with Gasteiger partial charge < -0.3 is 16.0 Å². The maximum Gasteiger partial charge on any atom is 0.416 e. The number of urea groups is 1. The highest BCUT2D eigenvalue weighted by molar-refractivity contribution is 5.95. The Kier molecular flexibility index (Phi) is 7.37. The van der Waals surface area contributed by atoms with Crippen LogP contribution in [-0.4, -0.2) is 18.5 Å². The number of nitrogens with zero attached hydrogens (tertiary/aromatic N) is 1. The van der Waals surface area contributed by atoms with Gasteiger partial charge in [-0.05, 0) is 66.4 Å². The van der Waals surface area contributed by atoms with Crippen LogP contribution in [-0.2, 0) is 11.0 Å². The van der Waals surface area contributed by atoms with Crippen LogP contribution < -0.4 is 16.0 Å². The van der Waals surface area contributed by atoms with Crippen LogP contribution in [0.15, 0.2) is 72.8 Å². The zero-order chi connectivity index (χ0) is 24.0. The van der Waals surface area contributed by atoms with E-state index in [1.807, 2.05) is 17.0 Å². The van der Waals surface area contributed by atoms with Crippen molar-refractivity contribution in [3.05, 3.63) is 83.9 Å². The van der Waals surface area contributed by atoms with E-state index < -0.39 is 17.8 Å². The highest BCUT2D eigenvalue weighted by atomic mass is 19.4. The van der Waals surface area contributed by atoms with Gasteiger partial charge in [0.15, 0.2) is 0 Å². The van der Waals surface area contributed by atoms with Gasteiger partial charge in [-0.1, -0.05) is 36.4 Å². The van der Waals surface area contributed by atoms with Crippen LogP contribution in [0, 0.1) is 6.92 Å². The lowest BCUT2D eigenvalue weighted by Crippen LogP contribution is -2.23. The van der Waals surface area contributed by atoms with Gasteiger partial charge in [0, 0.05) is 24.3 Å². The van der Waals surface area contributed by atoms with Crippen molar-refractivity contribution in [1.29, 1.82) is 0 Å². The van der Waals surface area contributed by atoms with Crippen molar-refractivity contribution < 1.29 is 22.8 Å². The van der Waals surface area contributed by atoms with Crippen LogP contribution in [0.5, 0.6) is 0 Å². The Morgan fingerprint density at radius 1 is 0.970 bits per heavy atom. The van der Waals surface area contributed by atoms with Crippen molar-refractivity contribution in [2.75, 3.05) is 16.8 Å². The molecule has 5 nitrogen and oxygen atoms in total. The van der Waals surface area contributed by atoms with Crippen molar-refractivity contribution in [3.63, 3.8) is 0 Å². The van der Waals surface area contributed by atoms with E-state index in [9.17, 15) is 22.8 Å². The van der Waals surface area contributed by atoms with Gasteiger partial charge in [0.1, 0.15) is 0 Å². The molecule has 0 bridgehead atoms. The number of alkyl halides is 3. The number of nitrogens with one attached hydrogen (secondary N) is 1. The molecule has 0 radical (unpaired) electrons. The predicted octanol–water partition coefficient (Wildman–Crippen LogP) is 5.98. The van der Waals surface area contributed by atoms with E-state index in [1.165, 1.54) is 16.7 Å². The fraction of sp³-hybridized carbons (Fsp3) is 0.200. The van der Waals surface area contributed by atoms with Gasteiger partial charge >= 0.3 is 12.2 Å². The van der Waals surface area contributed by atoms with Crippen molar-refractivity contribution >= 4 is 23.3 Å². The van der Waals surface area contributed by atoms with Gasteiger partial charge in [-0.15, -0.1) is 0 Å². The number of rotatable bonds is 3. The normalized spacial score (nSPS) is 13.3. The summed E-state index contributed by atoms with van der Waals surface area (Å²) in [5, 5.41) is 2.15. The average molecular weight is 455 g/mol. The number of halogens is 3. The highest BCUT2D eigenvalue weighted by Crippen LogP contribution is 2.30. The van der Waals surface area contributed by atoms with E-state index in [0.29, 0.717) is 6.42 Å². The lowest BCUT2D eigenvalue weighted by Gasteiger charge is -2.16. The molecule has 4 rings (SSSR count). The monoisotopic (exact) mass is 455 g/mol. The Morgan fingerprint density at radius 2 is 1.61 bits per heavy atom. The molecule has 3 aromatic carbocycles. The van der Waals surface area contributed by atoms with Gasteiger partial charge in [-0.25, -0.2) is 4.79 Å². The summed E-state index contributed by atoms with van der Waals surface area (Å²) in [5.41, 5.74) is 8.97. The van der Waals surface area contributed by atoms with Crippen molar-refractivity contribution in [2.45, 2.75) is 25.9 Å². The summed E-state index contributed by atoms with van der Waals surface area (Å²) in [7, 11) is 0. The van der Waals surface area contributed by atoms with Crippen molar-refractivity contribution in [1.82, 2.24) is 0 Å². The molecule has 33 heavy (non-hydrogen) atoms. The molecule has 0 aromatic heterocycles. The number of anilines is 2. The predicted molar refractivity (Wildman–Crippen MR) is 123 cm³/mol. The molecule has 172 valence electrons. The number of benzene rings is 3. The van der Waals surface area contributed by atoms with Gasteiger partial charge in [0.25, 0.3) is 0 Å². The standard InChI is InChI=1S/C17H17NO.C8H7F3N2O/c1-13-5-2-3-6-16(13)14-8-10-15(11-9-14)18-12-4-7-17(18)19;9-8(10,11)5-1-3-6(4-2-5)13-7(12)14/h2-3,5-6,8-11H,4,7,12H2,1H3;1-4H,(H3,12,13,14). The molecule has 0 spiro atoms. The summed E-state index contributed by atoms with van der Waals surface area (Å²) in [6.45, 7) is 2.97. The first-order valence-corrected chi connectivity index (χ1v) is 10.4. The second kappa shape index (κ2) is 10.2. The molecular weight excluding hydrogens is 431 g/mol. The minimum atomic E-state index is -4.37. The number of nitrogens with two attached hydrogens (primary N) is 1. The molecule has 1 saturated heterocycles. The second-order valence-corrected chi connectivity index (χ2v) is 7.58. The number of primary amides is 1. The number of hydrogen-bond donors (Lipinski definition) is 2. The molecule has 0 atom stereocenters. The topological polar surface area (TPSA) is 75.4 Å². The quantitative estimate of drug-likeness (QED) is 0.509. The SMILES string of the molecule is Cc1ccccc1-c1ccc(N2CCCC2=O)cc1.NC(=O)Nc1ccc(C(F)(F)F)cc1. The molecule has 1 fully saturated rings. The van der Waals surface area contributed by atoms with Crippen molar-refractivity contribution in [2.24, 2.45) is 5.73 Å². The smallest absolute Gasteiger partial charge is 0.351 e. The first-order chi connectivity index (χ1) is 15.6. The van der Waals surface area contributed by atoms with Gasteiger partial charge in [0.05, 0.1) is 5.56 Å². The Hall–Kier alpha value is -3.81.